The summed E-state index contributed by atoms with van der Waals surface area (Å²) in [5.41, 5.74) is 1.03. The van der Waals surface area contributed by atoms with Gasteiger partial charge in [0.2, 0.25) is 5.91 Å². The largest absolute Gasteiger partial charge is 0.461 e. The van der Waals surface area contributed by atoms with E-state index in [4.69, 9.17) is 9.52 Å². The van der Waals surface area contributed by atoms with Crippen LogP contribution in [-0.2, 0) is 11.2 Å². The molecular weight excluding hydrogens is 278 g/mol. The van der Waals surface area contributed by atoms with E-state index in [1.807, 2.05) is 49.4 Å². The molecule has 118 valence electrons. The first-order chi connectivity index (χ1) is 10.7. The first-order valence-electron chi connectivity index (χ1n) is 7.77. The summed E-state index contributed by atoms with van der Waals surface area (Å²) < 4.78 is 5.78. The van der Waals surface area contributed by atoms with E-state index < -0.39 is 0 Å². The van der Waals surface area contributed by atoms with E-state index in [-0.39, 0.29) is 18.6 Å². The van der Waals surface area contributed by atoms with Crippen molar-refractivity contribution in [2.24, 2.45) is 0 Å². The summed E-state index contributed by atoms with van der Waals surface area (Å²) in [6, 6.07) is 13.8. The smallest absolute Gasteiger partial charge is 0.220 e. The van der Waals surface area contributed by atoms with Gasteiger partial charge in [0.1, 0.15) is 11.5 Å². The van der Waals surface area contributed by atoms with Gasteiger partial charge in [-0.1, -0.05) is 37.3 Å². The van der Waals surface area contributed by atoms with E-state index >= 15 is 0 Å². The molecule has 0 aliphatic heterocycles. The van der Waals surface area contributed by atoms with Gasteiger partial charge in [0.25, 0.3) is 0 Å². The van der Waals surface area contributed by atoms with Gasteiger partial charge >= 0.3 is 0 Å². The number of hydrogen-bond acceptors (Lipinski definition) is 3. The molecule has 1 aromatic carbocycles. The highest BCUT2D eigenvalue weighted by molar-refractivity contribution is 5.76. The monoisotopic (exact) mass is 301 g/mol. The molecule has 1 heterocycles. The number of rotatable bonds is 8. The highest BCUT2D eigenvalue weighted by Crippen LogP contribution is 2.22. The van der Waals surface area contributed by atoms with Crippen molar-refractivity contribution in [3.63, 3.8) is 0 Å². The maximum Gasteiger partial charge on any atom is 0.220 e. The number of aryl methyl sites for hydroxylation is 1. The predicted molar refractivity (Wildman–Crippen MR) is 86.4 cm³/mol. The Hall–Kier alpha value is -2.07. The van der Waals surface area contributed by atoms with Crippen molar-refractivity contribution < 1.29 is 14.3 Å². The van der Waals surface area contributed by atoms with Crippen molar-refractivity contribution in [3.8, 4) is 11.3 Å². The molecule has 2 rings (SSSR count). The van der Waals surface area contributed by atoms with Gasteiger partial charge in [-0.15, -0.1) is 0 Å². The second-order valence-electron chi connectivity index (χ2n) is 5.32. The van der Waals surface area contributed by atoms with Crippen LogP contribution < -0.4 is 5.32 Å². The predicted octanol–water partition coefficient (Wildman–Crippen LogP) is 3.16. The van der Waals surface area contributed by atoms with Crippen LogP contribution in [0.3, 0.4) is 0 Å². The molecule has 1 aromatic heterocycles. The number of aliphatic hydroxyl groups is 1. The van der Waals surface area contributed by atoms with E-state index in [1.54, 1.807) is 0 Å². The molecule has 0 spiro atoms. The zero-order chi connectivity index (χ0) is 15.8. The van der Waals surface area contributed by atoms with Crippen LogP contribution in [0.15, 0.2) is 46.9 Å². The lowest BCUT2D eigenvalue weighted by Crippen LogP contribution is -2.35. The van der Waals surface area contributed by atoms with Gasteiger partial charge in [-0.25, -0.2) is 0 Å². The average molecular weight is 301 g/mol. The number of aliphatic hydroxyl groups excluding tert-OH is 1. The summed E-state index contributed by atoms with van der Waals surface area (Å²) in [6.45, 7) is 2.09. The fourth-order valence-electron chi connectivity index (χ4n) is 2.34. The van der Waals surface area contributed by atoms with Crippen molar-refractivity contribution in [3.05, 3.63) is 48.2 Å². The zero-order valence-corrected chi connectivity index (χ0v) is 12.9. The Morgan fingerprint density at radius 2 is 2.00 bits per heavy atom. The molecule has 0 bridgehead atoms. The third kappa shape index (κ3) is 4.74. The van der Waals surface area contributed by atoms with Crippen LogP contribution in [-0.4, -0.2) is 23.7 Å². The number of nitrogens with one attached hydrogen (secondary N) is 1. The van der Waals surface area contributed by atoms with Crippen LogP contribution in [0, 0.1) is 0 Å². The number of carbonyl (C=O) groups is 1. The van der Waals surface area contributed by atoms with Crippen LogP contribution in [0.1, 0.15) is 31.9 Å². The van der Waals surface area contributed by atoms with Gasteiger partial charge < -0.3 is 14.8 Å². The Bertz CT molecular complexity index is 577. The van der Waals surface area contributed by atoms with Gasteiger partial charge in [0, 0.05) is 31.1 Å². The highest BCUT2D eigenvalue weighted by Gasteiger charge is 2.11. The average Bonchev–Trinajstić information content (AvgIpc) is 3.02. The number of furan rings is 1. The summed E-state index contributed by atoms with van der Waals surface area (Å²) >= 11 is 0. The summed E-state index contributed by atoms with van der Waals surface area (Å²) in [6.07, 6.45) is 2.39. The maximum atomic E-state index is 11.9. The van der Waals surface area contributed by atoms with Gasteiger partial charge in [0.05, 0.1) is 0 Å². The molecule has 0 radical (unpaired) electrons. The molecule has 4 heteroatoms. The maximum absolute atomic E-state index is 11.9. The number of carbonyl (C=O) groups excluding carboxylic acids is 1. The van der Waals surface area contributed by atoms with Crippen LogP contribution in [0.4, 0.5) is 0 Å². The molecule has 2 N–H and O–H groups in total. The minimum absolute atomic E-state index is 0.00189. The van der Waals surface area contributed by atoms with Crippen molar-refractivity contribution in [2.45, 2.75) is 38.6 Å². The summed E-state index contributed by atoms with van der Waals surface area (Å²) in [5.74, 6) is 1.63. The Morgan fingerprint density at radius 3 is 2.68 bits per heavy atom. The quantitative estimate of drug-likeness (QED) is 0.787. The first-order valence-corrected chi connectivity index (χ1v) is 7.77. The molecule has 1 unspecified atom stereocenters. The first kappa shape index (κ1) is 16.3. The molecule has 4 nitrogen and oxygen atoms in total. The van der Waals surface area contributed by atoms with E-state index in [0.29, 0.717) is 19.3 Å². The van der Waals surface area contributed by atoms with E-state index in [1.165, 1.54) is 0 Å². The van der Waals surface area contributed by atoms with Crippen molar-refractivity contribution >= 4 is 5.91 Å². The second kappa shape index (κ2) is 8.39. The van der Waals surface area contributed by atoms with E-state index in [0.717, 1.165) is 23.5 Å². The fourth-order valence-corrected chi connectivity index (χ4v) is 2.34. The van der Waals surface area contributed by atoms with Crippen LogP contribution in [0.25, 0.3) is 11.3 Å². The van der Waals surface area contributed by atoms with Crippen molar-refractivity contribution in [1.82, 2.24) is 5.32 Å². The second-order valence-corrected chi connectivity index (χ2v) is 5.32. The third-order valence-corrected chi connectivity index (χ3v) is 3.65. The Morgan fingerprint density at radius 1 is 1.23 bits per heavy atom. The molecule has 0 fully saturated rings. The zero-order valence-electron chi connectivity index (χ0n) is 12.9. The molecule has 0 saturated heterocycles. The Labute approximate surface area is 131 Å². The van der Waals surface area contributed by atoms with Gasteiger partial charge in [-0.05, 0) is 25.0 Å². The third-order valence-electron chi connectivity index (χ3n) is 3.65. The van der Waals surface area contributed by atoms with Gasteiger partial charge in [0.15, 0.2) is 0 Å². The fraction of sp³-hybridized carbons (Fsp3) is 0.389. The lowest BCUT2D eigenvalue weighted by Gasteiger charge is -2.15. The SMILES string of the molecule is CCC(CCO)NC(=O)CCc1ccc(-c2ccccc2)o1. The Kier molecular flexibility index (Phi) is 6.22. The van der Waals surface area contributed by atoms with Crippen LogP contribution >= 0.6 is 0 Å². The standard InChI is InChI=1S/C18H23NO3/c1-2-15(12-13-20)19-18(21)11-9-16-8-10-17(22-16)14-6-4-3-5-7-14/h3-8,10,15,20H,2,9,11-13H2,1H3,(H,19,21). The van der Waals surface area contributed by atoms with E-state index in [9.17, 15) is 4.79 Å². The molecule has 22 heavy (non-hydrogen) atoms. The summed E-state index contributed by atoms with van der Waals surface area (Å²) in [4.78, 5) is 11.9. The molecular formula is C18H23NO3. The van der Waals surface area contributed by atoms with Gasteiger partial charge in [-0.2, -0.15) is 0 Å². The highest BCUT2D eigenvalue weighted by atomic mass is 16.3. The minimum atomic E-state index is -0.00189. The number of amides is 1. The molecule has 1 atom stereocenters. The summed E-state index contributed by atoms with van der Waals surface area (Å²) in [7, 11) is 0. The molecule has 0 saturated carbocycles. The molecule has 0 aliphatic carbocycles. The van der Waals surface area contributed by atoms with Gasteiger partial charge in [-0.3, -0.25) is 4.79 Å². The Balaban J connectivity index is 1.85. The minimum Gasteiger partial charge on any atom is -0.461 e. The molecule has 0 aliphatic rings. The number of benzene rings is 1. The normalized spacial score (nSPS) is 12.1. The van der Waals surface area contributed by atoms with Crippen LogP contribution in [0.5, 0.6) is 0 Å². The van der Waals surface area contributed by atoms with Crippen molar-refractivity contribution in [2.75, 3.05) is 6.61 Å². The molecule has 1 amide bonds. The lowest BCUT2D eigenvalue weighted by molar-refractivity contribution is -0.121. The van der Waals surface area contributed by atoms with E-state index in [2.05, 4.69) is 5.32 Å². The van der Waals surface area contributed by atoms with Crippen LogP contribution in [0.2, 0.25) is 0 Å². The molecule has 2 aromatic rings. The van der Waals surface area contributed by atoms with Crippen molar-refractivity contribution in [1.29, 1.82) is 0 Å². The summed E-state index contributed by atoms with van der Waals surface area (Å²) in [5, 5.41) is 11.9. The topological polar surface area (TPSA) is 62.5 Å². The lowest BCUT2D eigenvalue weighted by atomic mass is 10.1. The number of hydrogen-bond donors (Lipinski definition) is 2.